The number of aryl methyl sites for hydroxylation is 2. The van der Waals surface area contributed by atoms with Gasteiger partial charge in [0.1, 0.15) is 0 Å². The smallest absolute Gasteiger partial charge is 0.0756 e. The number of aromatic nitrogens is 2. The molecule has 212 valence electrons. The van der Waals surface area contributed by atoms with E-state index in [0.29, 0.717) is 0 Å². The van der Waals surface area contributed by atoms with E-state index in [-0.39, 0.29) is 22.7 Å². The Balaban J connectivity index is 1.43. The van der Waals surface area contributed by atoms with Crippen LogP contribution in [0.15, 0.2) is 48.5 Å². The number of aliphatic hydroxyl groups is 2. The molecule has 1 fully saturated rings. The largest absolute Gasteiger partial charge is 0.392 e. The summed E-state index contributed by atoms with van der Waals surface area (Å²) in [6, 6.07) is 17.6. The molecule has 0 bridgehead atoms. The Hall–Kier alpha value is -3.08. The highest BCUT2D eigenvalue weighted by molar-refractivity contribution is 5.73. The third kappa shape index (κ3) is 4.65. The topological polar surface area (TPSA) is 72.0 Å². The van der Waals surface area contributed by atoms with E-state index in [1.165, 1.54) is 11.1 Å². The quantitative estimate of drug-likeness (QED) is 0.212. The number of nitrogens with one attached hydrogen (secondary N) is 2. The fourth-order valence-corrected chi connectivity index (χ4v) is 6.74. The molecule has 4 N–H and O–H groups in total. The molecule has 0 unspecified atom stereocenters. The van der Waals surface area contributed by atoms with E-state index < -0.39 is 12.2 Å². The lowest BCUT2D eigenvalue weighted by Gasteiger charge is -2.46. The first-order valence-electron chi connectivity index (χ1n) is 14.6. The molecule has 2 heterocycles. The van der Waals surface area contributed by atoms with Crippen molar-refractivity contribution in [2.24, 2.45) is 0 Å². The van der Waals surface area contributed by atoms with Gasteiger partial charge in [-0.25, -0.2) is 0 Å². The van der Waals surface area contributed by atoms with Crippen molar-refractivity contribution in [3.8, 4) is 22.3 Å². The Morgan fingerprint density at radius 1 is 0.525 bits per heavy atom. The number of aliphatic hydroxyl groups excluding tert-OH is 2. The van der Waals surface area contributed by atoms with Crippen LogP contribution in [0, 0.1) is 27.7 Å². The van der Waals surface area contributed by atoms with Crippen molar-refractivity contribution < 1.29 is 10.2 Å². The lowest BCUT2D eigenvalue weighted by Crippen LogP contribution is -2.52. The second-order valence-electron chi connectivity index (χ2n) is 14.0. The van der Waals surface area contributed by atoms with Crippen molar-refractivity contribution in [3.63, 3.8) is 0 Å². The number of rotatable bonds is 4. The van der Waals surface area contributed by atoms with Crippen LogP contribution in [0.4, 0.5) is 0 Å². The SMILES string of the molecule is Cc1[nH]c(C2C(O)C(c3[nH]c(C)c(-c4ccc(C(C)(C)C)cc4)c3C)C2O)c(C)c1-c1ccc(C(C)(C)C)cc1. The van der Waals surface area contributed by atoms with Gasteiger partial charge in [-0.15, -0.1) is 0 Å². The van der Waals surface area contributed by atoms with Gasteiger partial charge in [0.25, 0.3) is 0 Å². The molecule has 0 spiro atoms. The third-order valence-corrected chi connectivity index (χ3v) is 9.17. The molecule has 1 aliphatic carbocycles. The van der Waals surface area contributed by atoms with Crippen LogP contribution in [0.5, 0.6) is 0 Å². The molecule has 0 saturated heterocycles. The van der Waals surface area contributed by atoms with Gasteiger partial charge in [-0.3, -0.25) is 0 Å². The lowest BCUT2D eigenvalue weighted by molar-refractivity contribution is -0.0814. The van der Waals surface area contributed by atoms with Crippen LogP contribution in [-0.4, -0.2) is 32.4 Å². The van der Waals surface area contributed by atoms with Crippen LogP contribution >= 0.6 is 0 Å². The normalized spacial score (nSPS) is 21.5. The van der Waals surface area contributed by atoms with Gasteiger partial charge >= 0.3 is 0 Å². The first-order chi connectivity index (χ1) is 18.6. The zero-order valence-corrected chi connectivity index (χ0v) is 25.8. The number of aromatic amines is 2. The lowest BCUT2D eigenvalue weighted by atomic mass is 9.64. The van der Waals surface area contributed by atoms with E-state index in [4.69, 9.17) is 0 Å². The van der Waals surface area contributed by atoms with Crippen molar-refractivity contribution in [3.05, 3.63) is 93.6 Å². The minimum atomic E-state index is -0.685. The summed E-state index contributed by atoms with van der Waals surface area (Å²) in [6.45, 7) is 21.7. The van der Waals surface area contributed by atoms with Crippen LogP contribution in [-0.2, 0) is 10.8 Å². The summed E-state index contributed by atoms with van der Waals surface area (Å²) in [6.07, 6.45) is -1.37. The summed E-state index contributed by atoms with van der Waals surface area (Å²) in [5.41, 5.74) is 13.6. The molecule has 2 aromatic carbocycles. The molecule has 0 aliphatic heterocycles. The van der Waals surface area contributed by atoms with Crippen molar-refractivity contribution in [2.45, 2.75) is 104 Å². The molecule has 1 saturated carbocycles. The predicted octanol–water partition coefficient (Wildman–Crippen LogP) is 8.11. The molecule has 0 radical (unpaired) electrons. The number of benzene rings is 2. The van der Waals surface area contributed by atoms with E-state index in [9.17, 15) is 10.2 Å². The minimum absolute atomic E-state index is 0.102. The summed E-state index contributed by atoms with van der Waals surface area (Å²) < 4.78 is 0. The van der Waals surface area contributed by atoms with E-state index in [0.717, 1.165) is 56.2 Å². The van der Waals surface area contributed by atoms with E-state index in [2.05, 4.69) is 128 Å². The van der Waals surface area contributed by atoms with Crippen molar-refractivity contribution in [1.29, 1.82) is 0 Å². The average molecular weight is 539 g/mol. The molecule has 0 amide bonds. The van der Waals surface area contributed by atoms with Gasteiger partial charge < -0.3 is 20.2 Å². The van der Waals surface area contributed by atoms with Gasteiger partial charge in [0.15, 0.2) is 0 Å². The number of hydrogen-bond donors (Lipinski definition) is 4. The zero-order valence-electron chi connectivity index (χ0n) is 25.8. The Labute approximate surface area is 239 Å². The molecular weight excluding hydrogens is 492 g/mol. The average Bonchev–Trinajstić information content (AvgIpc) is 3.31. The number of H-pyrrole nitrogens is 2. The summed E-state index contributed by atoms with van der Waals surface area (Å²) in [5.74, 6) is -0.715. The molecule has 2 aromatic heterocycles. The van der Waals surface area contributed by atoms with Gasteiger partial charge in [-0.05, 0) is 71.9 Å². The monoisotopic (exact) mass is 538 g/mol. The Morgan fingerprint density at radius 3 is 1.10 bits per heavy atom. The van der Waals surface area contributed by atoms with Crippen LogP contribution in [0.25, 0.3) is 22.3 Å². The predicted molar refractivity (Wildman–Crippen MR) is 166 cm³/mol. The maximum Gasteiger partial charge on any atom is 0.0756 e. The molecule has 40 heavy (non-hydrogen) atoms. The molecule has 4 nitrogen and oxygen atoms in total. The van der Waals surface area contributed by atoms with E-state index >= 15 is 0 Å². The van der Waals surface area contributed by atoms with Gasteiger partial charge in [-0.1, -0.05) is 90.1 Å². The first-order valence-corrected chi connectivity index (χ1v) is 14.6. The molecule has 0 atom stereocenters. The van der Waals surface area contributed by atoms with Crippen molar-refractivity contribution in [2.75, 3.05) is 0 Å². The van der Waals surface area contributed by atoms with E-state index in [1.807, 2.05) is 0 Å². The Morgan fingerprint density at radius 2 is 0.825 bits per heavy atom. The highest BCUT2D eigenvalue weighted by atomic mass is 16.3. The van der Waals surface area contributed by atoms with Gasteiger partial charge in [-0.2, -0.15) is 0 Å². The first kappa shape index (κ1) is 28.4. The second kappa shape index (κ2) is 9.78. The van der Waals surface area contributed by atoms with Crippen LogP contribution in [0.1, 0.15) is 98.4 Å². The third-order valence-electron chi connectivity index (χ3n) is 9.17. The van der Waals surface area contributed by atoms with Crippen molar-refractivity contribution >= 4 is 0 Å². The highest BCUT2D eigenvalue weighted by Gasteiger charge is 2.53. The maximum absolute atomic E-state index is 11.5. The molecule has 5 rings (SSSR count). The summed E-state index contributed by atoms with van der Waals surface area (Å²) in [7, 11) is 0. The van der Waals surface area contributed by atoms with Crippen molar-refractivity contribution in [1.82, 2.24) is 9.97 Å². The molecule has 4 aromatic rings. The highest BCUT2D eigenvalue weighted by Crippen LogP contribution is 2.51. The summed E-state index contributed by atoms with van der Waals surface area (Å²) >= 11 is 0. The second-order valence-corrected chi connectivity index (χ2v) is 14.0. The molecular formula is C36H46N2O2. The van der Waals surface area contributed by atoms with Crippen LogP contribution < -0.4 is 0 Å². The fourth-order valence-electron chi connectivity index (χ4n) is 6.74. The van der Waals surface area contributed by atoms with E-state index in [1.54, 1.807) is 0 Å². The minimum Gasteiger partial charge on any atom is -0.392 e. The standard InChI is InChI=1S/C36H46N2O2/c1-19-27(23-11-15-25(16-12-23)35(5,6)7)21(3)37-31(19)29-33(39)30(34(29)40)32-20(2)28(22(4)38-32)24-13-17-26(18-14-24)36(8,9)10/h11-18,29-30,33-34,37-40H,1-10H3. The van der Waals surface area contributed by atoms with Crippen LogP contribution in [0.2, 0.25) is 0 Å². The summed E-state index contributed by atoms with van der Waals surface area (Å²) in [4.78, 5) is 7.07. The number of hydrogen-bond acceptors (Lipinski definition) is 2. The molecule has 4 heteroatoms. The Bertz CT molecular complexity index is 1400. The van der Waals surface area contributed by atoms with Gasteiger partial charge in [0.2, 0.25) is 0 Å². The molecule has 1 aliphatic rings. The maximum atomic E-state index is 11.5. The van der Waals surface area contributed by atoms with Gasteiger partial charge in [0, 0.05) is 33.9 Å². The van der Waals surface area contributed by atoms with Gasteiger partial charge in [0.05, 0.1) is 24.0 Å². The Kier molecular flexibility index (Phi) is 6.96. The zero-order chi connectivity index (χ0) is 29.3. The van der Waals surface area contributed by atoms with Crippen LogP contribution in [0.3, 0.4) is 0 Å². The fraction of sp³-hybridized carbons (Fsp3) is 0.444. The summed E-state index contributed by atoms with van der Waals surface area (Å²) in [5, 5.41) is 23.0.